The fraction of sp³-hybridized carbons (Fsp3) is 0.381. The first kappa shape index (κ1) is 23.3. The van der Waals surface area contributed by atoms with Crippen molar-refractivity contribution in [3.8, 4) is 11.5 Å². The summed E-state index contributed by atoms with van der Waals surface area (Å²) in [5.41, 5.74) is -0.632. The van der Waals surface area contributed by atoms with Crippen molar-refractivity contribution in [2.45, 2.75) is 11.1 Å². The molecule has 8 nitrogen and oxygen atoms in total. The zero-order valence-corrected chi connectivity index (χ0v) is 18.3. The van der Waals surface area contributed by atoms with Gasteiger partial charge in [-0.15, -0.1) is 0 Å². The van der Waals surface area contributed by atoms with Crippen LogP contribution in [0.5, 0.6) is 11.5 Å². The number of benzene rings is 2. The van der Waals surface area contributed by atoms with Crippen LogP contribution in [0.25, 0.3) is 0 Å². The molecule has 2 N–H and O–H groups in total. The number of anilines is 1. The molecule has 2 aromatic rings. The maximum Gasteiger partial charge on any atom is 0.417 e. The summed E-state index contributed by atoms with van der Waals surface area (Å²) >= 11 is 0. The number of fused-ring (bicyclic) bond motifs is 1. The third kappa shape index (κ3) is 5.23. The van der Waals surface area contributed by atoms with Gasteiger partial charge in [-0.3, -0.25) is 4.79 Å². The molecule has 0 unspecified atom stereocenters. The fourth-order valence-electron chi connectivity index (χ4n) is 3.84. The smallest absolute Gasteiger partial charge is 0.417 e. The van der Waals surface area contributed by atoms with Crippen LogP contribution in [0.4, 0.5) is 18.9 Å². The van der Waals surface area contributed by atoms with Crippen LogP contribution < -0.4 is 19.7 Å². The van der Waals surface area contributed by atoms with Crippen LogP contribution in [0.1, 0.15) is 5.56 Å². The fourth-order valence-corrected chi connectivity index (χ4v) is 5.49. The molecule has 12 heteroatoms. The van der Waals surface area contributed by atoms with Gasteiger partial charge in [0.05, 0.1) is 36.6 Å². The van der Waals surface area contributed by atoms with Crippen molar-refractivity contribution in [3.05, 3.63) is 48.0 Å². The molecule has 4 rings (SSSR count). The average Bonchev–Trinajstić information content (AvgIpc) is 2.79. The number of hydrogen-bond donors (Lipinski definition) is 2. The minimum atomic E-state index is -4.78. The number of carbonyl (C=O) groups is 1. The third-order valence-corrected chi connectivity index (χ3v) is 7.43. The molecule has 33 heavy (non-hydrogen) atoms. The minimum Gasteiger partial charge on any atom is -0.486 e. The van der Waals surface area contributed by atoms with Gasteiger partial charge in [-0.05, 0) is 24.3 Å². The number of ether oxygens (including phenoxy) is 2. The molecule has 0 aliphatic carbocycles. The van der Waals surface area contributed by atoms with E-state index in [0.29, 0.717) is 43.5 Å². The molecule has 1 saturated heterocycles. The molecule has 1 amide bonds. The number of hydrogen-bond acceptors (Lipinski definition) is 5. The predicted octanol–water partition coefficient (Wildman–Crippen LogP) is 1.00. The maximum atomic E-state index is 13.3. The highest BCUT2D eigenvalue weighted by molar-refractivity contribution is 7.89. The molecule has 0 spiro atoms. The van der Waals surface area contributed by atoms with E-state index in [1.165, 1.54) is 6.07 Å². The summed E-state index contributed by atoms with van der Waals surface area (Å²) in [5, 5.41) is 2.78. The maximum absolute atomic E-state index is 13.3. The second kappa shape index (κ2) is 9.20. The summed E-state index contributed by atoms with van der Waals surface area (Å²) in [6, 6.07) is 9.23. The van der Waals surface area contributed by atoms with E-state index >= 15 is 0 Å². The molecule has 2 aliphatic rings. The van der Waals surface area contributed by atoms with Crippen LogP contribution in [0.15, 0.2) is 47.4 Å². The van der Waals surface area contributed by atoms with Gasteiger partial charge in [-0.2, -0.15) is 17.5 Å². The molecule has 1 fully saturated rings. The highest BCUT2D eigenvalue weighted by Crippen LogP contribution is 2.35. The number of rotatable bonds is 5. The zero-order chi connectivity index (χ0) is 23.6. The Morgan fingerprint density at radius 1 is 1.03 bits per heavy atom. The number of carbonyl (C=O) groups excluding carboxylic acids is 1. The Hall–Kier alpha value is -2.83. The van der Waals surface area contributed by atoms with Crippen molar-refractivity contribution >= 4 is 21.6 Å². The Kier molecular flexibility index (Phi) is 6.50. The van der Waals surface area contributed by atoms with Gasteiger partial charge in [0.2, 0.25) is 10.0 Å². The normalized spacial score (nSPS) is 17.5. The Morgan fingerprint density at radius 2 is 1.70 bits per heavy atom. The Labute approximate surface area is 188 Å². The van der Waals surface area contributed by atoms with Crippen molar-refractivity contribution < 1.29 is 40.8 Å². The van der Waals surface area contributed by atoms with Crippen molar-refractivity contribution in [2.75, 3.05) is 51.3 Å². The topological polar surface area (TPSA) is 89.4 Å². The van der Waals surface area contributed by atoms with Crippen molar-refractivity contribution in [1.82, 2.24) is 4.31 Å². The van der Waals surface area contributed by atoms with Gasteiger partial charge in [-0.1, -0.05) is 12.1 Å². The summed E-state index contributed by atoms with van der Waals surface area (Å²) < 4.78 is 77.5. The van der Waals surface area contributed by atoms with Crippen molar-refractivity contribution in [2.24, 2.45) is 0 Å². The van der Waals surface area contributed by atoms with Gasteiger partial charge < -0.3 is 19.7 Å². The average molecular weight is 486 g/mol. The highest BCUT2D eigenvalue weighted by atomic mass is 32.2. The lowest BCUT2D eigenvalue weighted by Gasteiger charge is -2.31. The Bertz CT molecular complexity index is 1130. The summed E-state index contributed by atoms with van der Waals surface area (Å²) in [7, 11) is -4.31. The van der Waals surface area contributed by atoms with E-state index in [2.05, 4.69) is 5.32 Å². The third-order valence-electron chi connectivity index (χ3n) is 5.48. The van der Waals surface area contributed by atoms with Gasteiger partial charge >= 0.3 is 6.18 Å². The molecule has 0 bridgehead atoms. The first-order valence-electron chi connectivity index (χ1n) is 10.3. The lowest BCUT2D eigenvalue weighted by molar-refractivity contribution is -0.895. The van der Waals surface area contributed by atoms with Crippen LogP contribution in [0, 0.1) is 0 Å². The molecule has 0 atom stereocenters. The Balaban J connectivity index is 1.35. The SMILES string of the molecule is O=C(C[NH+]1CCN(S(=O)(=O)c2ccccc2C(F)(F)F)CC1)Nc1ccc2c(c1)OCCO2. The van der Waals surface area contributed by atoms with E-state index in [1.54, 1.807) is 18.2 Å². The molecular formula is C21H23F3N3O5S+. The van der Waals surface area contributed by atoms with E-state index in [0.717, 1.165) is 27.4 Å². The van der Waals surface area contributed by atoms with Crippen LogP contribution in [0.3, 0.4) is 0 Å². The predicted molar refractivity (Wildman–Crippen MR) is 112 cm³/mol. The molecule has 2 aliphatic heterocycles. The molecule has 2 heterocycles. The lowest BCUT2D eigenvalue weighted by atomic mass is 10.2. The largest absolute Gasteiger partial charge is 0.486 e. The summed E-state index contributed by atoms with van der Waals surface area (Å²) in [6.45, 7) is 1.61. The van der Waals surface area contributed by atoms with Crippen LogP contribution in [-0.4, -0.2) is 64.6 Å². The number of sulfonamides is 1. The summed E-state index contributed by atoms with van der Waals surface area (Å²) in [4.78, 5) is 12.5. The second-order valence-electron chi connectivity index (χ2n) is 7.73. The van der Waals surface area contributed by atoms with Crippen LogP contribution >= 0.6 is 0 Å². The quantitative estimate of drug-likeness (QED) is 0.659. The van der Waals surface area contributed by atoms with E-state index < -0.39 is 26.7 Å². The van der Waals surface area contributed by atoms with Crippen molar-refractivity contribution in [3.63, 3.8) is 0 Å². The molecule has 2 aromatic carbocycles. The highest BCUT2D eigenvalue weighted by Gasteiger charge is 2.40. The number of nitrogens with zero attached hydrogens (tertiary/aromatic N) is 1. The number of amides is 1. The van der Waals surface area contributed by atoms with Gasteiger partial charge in [0.1, 0.15) is 13.2 Å². The number of piperazine rings is 1. The monoisotopic (exact) mass is 486 g/mol. The van der Waals surface area contributed by atoms with E-state index in [4.69, 9.17) is 9.47 Å². The first-order valence-corrected chi connectivity index (χ1v) is 11.8. The molecule has 0 saturated carbocycles. The van der Waals surface area contributed by atoms with Crippen LogP contribution in [-0.2, 0) is 21.0 Å². The van der Waals surface area contributed by atoms with E-state index in [1.807, 2.05) is 0 Å². The van der Waals surface area contributed by atoms with Gasteiger partial charge in [-0.25, -0.2) is 8.42 Å². The molecule has 0 aromatic heterocycles. The number of nitrogens with one attached hydrogen (secondary N) is 2. The van der Waals surface area contributed by atoms with E-state index in [9.17, 15) is 26.4 Å². The second-order valence-corrected chi connectivity index (χ2v) is 9.64. The zero-order valence-electron chi connectivity index (χ0n) is 17.5. The summed E-state index contributed by atoms with van der Waals surface area (Å²) in [5.74, 6) is 0.888. The lowest BCUT2D eigenvalue weighted by Crippen LogP contribution is -3.15. The molecule has 178 valence electrons. The first-order chi connectivity index (χ1) is 15.6. The molecular weight excluding hydrogens is 463 g/mol. The molecule has 0 radical (unpaired) electrons. The minimum absolute atomic E-state index is 0.0150. The number of halogens is 3. The Morgan fingerprint density at radius 3 is 2.39 bits per heavy atom. The van der Waals surface area contributed by atoms with Gasteiger partial charge in [0.25, 0.3) is 5.91 Å². The number of quaternary nitrogens is 1. The van der Waals surface area contributed by atoms with Gasteiger partial charge in [0.15, 0.2) is 18.0 Å². The standard InChI is InChI=1S/C21H22F3N3O5S/c22-21(23,24)16-3-1-2-4-19(16)33(29,30)27-9-7-26(8-10-27)14-20(28)25-15-5-6-17-18(13-15)32-12-11-31-17/h1-6,13H,7-12,14H2,(H,25,28)/p+1. The van der Waals surface area contributed by atoms with Crippen molar-refractivity contribution in [1.29, 1.82) is 0 Å². The number of alkyl halides is 3. The van der Waals surface area contributed by atoms with E-state index in [-0.39, 0.29) is 25.5 Å². The summed E-state index contributed by atoms with van der Waals surface area (Å²) in [6.07, 6.45) is -4.78. The van der Waals surface area contributed by atoms with Gasteiger partial charge in [0, 0.05) is 11.8 Å². The van der Waals surface area contributed by atoms with Crippen LogP contribution in [0.2, 0.25) is 0 Å².